The minimum Gasteiger partial charge on any atom is -0.481 e. The molecule has 1 rings (SSSR count). The number of esters is 1. The maximum Gasteiger partial charge on any atom is 0.349 e. The van der Waals surface area contributed by atoms with Gasteiger partial charge < -0.3 is 9.84 Å². The number of sulfonamides is 1. The molecule has 0 fully saturated rings. The lowest BCUT2D eigenvalue weighted by atomic mass is 10.2. The van der Waals surface area contributed by atoms with Crippen molar-refractivity contribution in [3.05, 3.63) is 16.3 Å². The third-order valence-corrected chi connectivity index (χ3v) is 6.02. The van der Waals surface area contributed by atoms with Gasteiger partial charge in [0.1, 0.15) is 9.77 Å². The second kappa shape index (κ2) is 7.01. The standard InChI is InChI=1S/C12H17NO6S2/c1-4-13(8(2)7-10(14)15)21(17,18)9-5-6-20-11(9)12(16)19-3/h5-6,8H,4,7H2,1-3H3,(H,14,15). The summed E-state index contributed by atoms with van der Waals surface area (Å²) in [6.45, 7) is 3.23. The van der Waals surface area contributed by atoms with Crippen LogP contribution >= 0.6 is 11.3 Å². The number of thiophene rings is 1. The first-order valence-corrected chi connectivity index (χ1v) is 8.47. The fourth-order valence-electron chi connectivity index (χ4n) is 1.94. The molecule has 1 atom stereocenters. The number of carboxylic acids is 1. The van der Waals surface area contributed by atoms with Crippen LogP contribution in [0.1, 0.15) is 29.9 Å². The molecule has 118 valence electrons. The molecule has 1 heterocycles. The zero-order valence-corrected chi connectivity index (χ0v) is 13.5. The fourth-order valence-corrected chi connectivity index (χ4v) is 4.89. The van der Waals surface area contributed by atoms with Gasteiger partial charge in [-0.25, -0.2) is 13.2 Å². The van der Waals surface area contributed by atoms with Gasteiger partial charge in [0, 0.05) is 12.6 Å². The number of carboxylic acid groups (broad SMARTS) is 1. The van der Waals surface area contributed by atoms with E-state index in [1.807, 2.05) is 0 Å². The van der Waals surface area contributed by atoms with Gasteiger partial charge in [-0.2, -0.15) is 4.31 Å². The lowest BCUT2D eigenvalue weighted by molar-refractivity contribution is -0.137. The largest absolute Gasteiger partial charge is 0.481 e. The predicted molar refractivity (Wildman–Crippen MR) is 76.9 cm³/mol. The first kappa shape index (κ1) is 17.6. The number of aliphatic carboxylic acids is 1. The van der Waals surface area contributed by atoms with Crippen molar-refractivity contribution in [1.82, 2.24) is 4.31 Å². The Balaban J connectivity index is 3.23. The zero-order valence-electron chi connectivity index (χ0n) is 11.9. The van der Waals surface area contributed by atoms with E-state index in [1.54, 1.807) is 6.92 Å². The maximum absolute atomic E-state index is 12.6. The van der Waals surface area contributed by atoms with Crippen molar-refractivity contribution in [2.24, 2.45) is 0 Å². The van der Waals surface area contributed by atoms with Crippen molar-refractivity contribution < 1.29 is 27.9 Å². The summed E-state index contributed by atoms with van der Waals surface area (Å²) < 4.78 is 30.9. The normalized spacial score (nSPS) is 13.1. The molecule has 0 aliphatic rings. The van der Waals surface area contributed by atoms with Gasteiger partial charge in [0.25, 0.3) is 0 Å². The van der Waals surface area contributed by atoms with E-state index in [2.05, 4.69) is 4.74 Å². The van der Waals surface area contributed by atoms with Gasteiger partial charge in [-0.05, 0) is 18.4 Å². The lowest BCUT2D eigenvalue weighted by Crippen LogP contribution is -2.39. The van der Waals surface area contributed by atoms with Crippen molar-refractivity contribution >= 4 is 33.3 Å². The van der Waals surface area contributed by atoms with E-state index in [1.165, 1.54) is 25.5 Å². The molecule has 1 aromatic rings. The quantitative estimate of drug-likeness (QED) is 0.756. The molecule has 0 aliphatic carbocycles. The molecule has 0 bridgehead atoms. The third-order valence-electron chi connectivity index (χ3n) is 2.86. The van der Waals surface area contributed by atoms with E-state index < -0.39 is 28.0 Å². The van der Waals surface area contributed by atoms with Crippen LogP contribution in [0.2, 0.25) is 0 Å². The topological polar surface area (TPSA) is 101 Å². The maximum atomic E-state index is 12.6. The molecular weight excluding hydrogens is 318 g/mol. The summed E-state index contributed by atoms with van der Waals surface area (Å²) in [4.78, 5) is 22.2. The first-order chi connectivity index (χ1) is 9.75. The SMILES string of the molecule is CCN(C(C)CC(=O)O)S(=O)(=O)c1ccsc1C(=O)OC. The molecule has 0 radical (unpaired) electrons. The second-order valence-corrected chi connectivity index (χ2v) is 7.04. The summed E-state index contributed by atoms with van der Waals surface area (Å²) in [7, 11) is -2.79. The van der Waals surface area contributed by atoms with Crippen LogP contribution in [0.3, 0.4) is 0 Å². The molecule has 0 aliphatic heterocycles. The Morgan fingerprint density at radius 3 is 2.57 bits per heavy atom. The number of nitrogens with zero attached hydrogens (tertiary/aromatic N) is 1. The van der Waals surface area contributed by atoms with Crippen molar-refractivity contribution in [3.8, 4) is 0 Å². The summed E-state index contributed by atoms with van der Waals surface area (Å²) in [6.07, 6.45) is -0.315. The summed E-state index contributed by atoms with van der Waals surface area (Å²) in [5.41, 5.74) is 0. The molecule has 21 heavy (non-hydrogen) atoms. The van der Waals surface area contributed by atoms with Gasteiger partial charge in [0.05, 0.1) is 13.5 Å². The van der Waals surface area contributed by atoms with Gasteiger partial charge in [-0.15, -0.1) is 11.3 Å². The minimum atomic E-state index is -3.96. The number of hydrogen-bond acceptors (Lipinski definition) is 6. The third kappa shape index (κ3) is 3.80. The molecule has 1 aromatic heterocycles. The van der Waals surface area contributed by atoms with Crippen LogP contribution in [0.25, 0.3) is 0 Å². The van der Waals surface area contributed by atoms with Crippen molar-refractivity contribution in [3.63, 3.8) is 0 Å². The van der Waals surface area contributed by atoms with Gasteiger partial charge in [-0.1, -0.05) is 6.92 Å². The average molecular weight is 335 g/mol. The van der Waals surface area contributed by atoms with E-state index in [4.69, 9.17) is 5.11 Å². The Morgan fingerprint density at radius 1 is 1.48 bits per heavy atom. The first-order valence-electron chi connectivity index (χ1n) is 6.15. The fraction of sp³-hybridized carbons (Fsp3) is 0.500. The molecule has 0 saturated carbocycles. The van der Waals surface area contributed by atoms with E-state index in [0.717, 1.165) is 15.6 Å². The number of methoxy groups -OCH3 is 1. The van der Waals surface area contributed by atoms with E-state index in [0.29, 0.717) is 0 Å². The Hall–Kier alpha value is -1.45. The molecule has 9 heteroatoms. The van der Waals surface area contributed by atoms with Crippen LogP contribution < -0.4 is 0 Å². The monoisotopic (exact) mass is 335 g/mol. The highest BCUT2D eigenvalue weighted by Gasteiger charge is 2.33. The van der Waals surface area contributed by atoms with Crippen LogP contribution in [0.5, 0.6) is 0 Å². The Labute approximate surface area is 127 Å². The molecule has 7 nitrogen and oxygen atoms in total. The highest BCUT2D eigenvalue weighted by Crippen LogP contribution is 2.27. The van der Waals surface area contributed by atoms with Crippen LogP contribution in [-0.4, -0.2) is 49.5 Å². The average Bonchev–Trinajstić information content (AvgIpc) is 2.87. The molecular formula is C12H17NO6S2. The molecule has 0 saturated heterocycles. The summed E-state index contributed by atoms with van der Waals surface area (Å²) >= 11 is 0.966. The van der Waals surface area contributed by atoms with Gasteiger partial charge in [0.15, 0.2) is 0 Å². The van der Waals surface area contributed by atoms with Gasteiger partial charge >= 0.3 is 11.9 Å². The second-order valence-electron chi connectivity index (χ2n) is 4.26. The zero-order chi connectivity index (χ0) is 16.2. The van der Waals surface area contributed by atoms with E-state index >= 15 is 0 Å². The summed E-state index contributed by atoms with van der Waals surface area (Å²) in [5, 5.41) is 10.3. The van der Waals surface area contributed by atoms with Gasteiger partial charge in [0.2, 0.25) is 10.0 Å². The Morgan fingerprint density at radius 2 is 2.10 bits per heavy atom. The summed E-state index contributed by atoms with van der Waals surface area (Å²) in [5.74, 6) is -1.82. The van der Waals surface area contributed by atoms with Crippen LogP contribution in [-0.2, 0) is 19.6 Å². The lowest BCUT2D eigenvalue weighted by Gasteiger charge is -2.26. The number of ether oxygens (including phenoxy) is 1. The Bertz CT molecular complexity index is 621. The van der Waals surface area contributed by atoms with Crippen LogP contribution in [0.15, 0.2) is 16.3 Å². The van der Waals surface area contributed by atoms with Crippen molar-refractivity contribution in [2.75, 3.05) is 13.7 Å². The molecule has 1 N–H and O–H groups in total. The van der Waals surface area contributed by atoms with Crippen molar-refractivity contribution in [2.45, 2.75) is 31.2 Å². The van der Waals surface area contributed by atoms with Crippen molar-refractivity contribution in [1.29, 1.82) is 0 Å². The number of carbonyl (C=O) groups is 2. The van der Waals surface area contributed by atoms with Gasteiger partial charge in [-0.3, -0.25) is 4.79 Å². The highest BCUT2D eigenvalue weighted by molar-refractivity contribution is 7.89. The number of carbonyl (C=O) groups excluding carboxylic acids is 1. The highest BCUT2D eigenvalue weighted by atomic mass is 32.2. The molecule has 0 aromatic carbocycles. The number of rotatable bonds is 7. The molecule has 1 unspecified atom stereocenters. The van der Waals surface area contributed by atoms with E-state index in [-0.39, 0.29) is 22.7 Å². The van der Waals surface area contributed by atoms with Crippen LogP contribution in [0, 0.1) is 0 Å². The molecule has 0 spiro atoms. The predicted octanol–water partition coefficient (Wildman–Crippen LogP) is 1.41. The number of hydrogen-bond donors (Lipinski definition) is 1. The summed E-state index contributed by atoms with van der Waals surface area (Å²) in [6, 6.07) is 0.602. The molecule has 0 amide bonds. The van der Waals surface area contributed by atoms with E-state index in [9.17, 15) is 18.0 Å². The minimum absolute atomic E-state index is 0.0153. The Kier molecular flexibility index (Phi) is 5.87. The smallest absolute Gasteiger partial charge is 0.349 e. The van der Waals surface area contributed by atoms with Crippen LogP contribution in [0.4, 0.5) is 0 Å².